The van der Waals surface area contributed by atoms with Crippen LogP contribution in [0.4, 0.5) is 4.79 Å². The predicted octanol–water partition coefficient (Wildman–Crippen LogP) is 1.81. The van der Waals surface area contributed by atoms with Crippen LogP contribution in [0.25, 0.3) is 11.0 Å². The maximum atomic E-state index is 10.4. The maximum Gasteiger partial charge on any atom is 0.404 e. The zero-order valence-corrected chi connectivity index (χ0v) is 8.41. The molecule has 0 saturated carbocycles. The molecule has 0 fully saturated rings. The number of hydrogen-bond acceptors (Lipinski definition) is 3. The molecule has 0 aliphatic carbocycles. The van der Waals surface area contributed by atoms with Crippen molar-refractivity contribution in [2.24, 2.45) is 5.73 Å². The first-order valence-corrected chi connectivity index (χ1v) is 4.59. The first-order valence-electron chi connectivity index (χ1n) is 4.21. The van der Waals surface area contributed by atoms with Gasteiger partial charge >= 0.3 is 6.09 Å². The van der Waals surface area contributed by atoms with Gasteiger partial charge in [0, 0.05) is 5.02 Å². The standard InChI is InChI=1S/C9H8ClN3O2/c10-5-1-2-6-7(3-5)13-8(12-6)4-15-9(11)14/h1-3H,4H2,(H2,11,14)(H,12,13). The topological polar surface area (TPSA) is 81.0 Å². The molecular weight excluding hydrogens is 218 g/mol. The number of rotatable bonds is 2. The third-order valence-corrected chi connectivity index (χ3v) is 2.08. The Kier molecular flexibility index (Phi) is 2.47. The van der Waals surface area contributed by atoms with E-state index in [9.17, 15) is 4.79 Å². The van der Waals surface area contributed by atoms with Crippen LogP contribution in [-0.4, -0.2) is 16.1 Å². The number of halogens is 1. The number of benzene rings is 1. The summed E-state index contributed by atoms with van der Waals surface area (Å²) in [6.45, 7) is 0.0294. The average molecular weight is 226 g/mol. The number of ether oxygens (including phenoxy) is 1. The number of primary amides is 1. The second-order valence-electron chi connectivity index (χ2n) is 2.95. The zero-order chi connectivity index (χ0) is 10.8. The lowest BCUT2D eigenvalue weighted by Gasteiger charge is -1.95. The number of nitrogens with one attached hydrogen (secondary N) is 1. The van der Waals surface area contributed by atoms with Gasteiger partial charge in [0.25, 0.3) is 0 Å². The summed E-state index contributed by atoms with van der Waals surface area (Å²) in [5.41, 5.74) is 6.40. The summed E-state index contributed by atoms with van der Waals surface area (Å²) < 4.78 is 4.60. The van der Waals surface area contributed by atoms with Gasteiger partial charge in [-0.3, -0.25) is 0 Å². The second-order valence-corrected chi connectivity index (χ2v) is 3.39. The van der Waals surface area contributed by atoms with Crippen molar-refractivity contribution >= 4 is 28.7 Å². The number of aromatic amines is 1. The Bertz CT molecular complexity index is 509. The number of aromatic nitrogens is 2. The van der Waals surface area contributed by atoms with Crippen LogP contribution < -0.4 is 5.73 Å². The van der Waals surface area contributed by atoms with Gasteiger partial charge in [-0.25, -0.2) is 9.78 Å². The summed E-state index contributed by atoms with van der Waals surface area (Å²) in [7, 11) is 0. The van der Waals surface area contributed by atoms with E-state index in [1.165, 1.54) is 0 Å². The van der Waals surface area contributed by atoms with Crippen molar-refractivity contribution in [1.29, 1.82) is 0 Å². The molecule has 0 atom stereocenters. The van der Waals surface area contributed by atoms with Crippen molar-refractivity contribution in [1.82, 2.24) is 9.97 Å². The Hall–Kier alpha value is -1.75. The number of fused-ring (bicyclic) bond motifs is 1. The molecule has 1 heterocycles. The van der Waals surface area contributed by atoms with Crippen LogP contribution >= 0.6 is 11.6 Å². The molecule has 0 spiro atoms. The number of nitrogens with zero attached hydrogens (tertiary/aromatic N) is 1. The molecule has 2 rings (SSSR count). The van der Waals surface area contributed by atoms with Gasteiger partial charge in [0.05, 0.1) is 11.0 Å². The van der Waals surface area contributed by atoms with E-state index in [4.69, 9.17) is 17.3 Å². The first-order chi connectivity index (χ1) is 7.15. The molecule has 1 amide bonds. The quantitative estimate of drug-likeness (QED) is 0.818. The second kappa shape index (κ2) is 3.78. The van der Waals surface area contributed by atoms with Crippen LogP contribution in [0.15, 0.2) is 18.2 Å². The molecule has 0 radical (unpaired) electrons. The molecule has 0 aliphatic heterocycles. The van der Waals surface area contributed by atoms with Gasteiger partial charge < -0.3 is 15.5 Å². The normalized spacial score (nSPS) is 10.5. The molecule has 2 aromatic rings. The van der Waals surface area contributed by atoms with Crippen LogP contribution in [0.3, 0.4) is 0 Å². The number of carbonyl (C=O) groups is 1. The van der Waals surface area contributed by atoms with E-state index in [1.54, 1.807) is 18.2 Å². The van der Waals surface area contributed by atoms with E-state index in [0.29, 0.717) is 10.8 Å². The Morgan fingerprint density at radius 2 is 2.40 bits per heavy atom. The van der Waals surface area contributed by atoms with Crippen molar-refractivity contribution in [2.75, 3.05) is 0 Å². The van der Waals surface area contributed by atoms with E-state index in [0.717, 1.165) is 11.0 Å². The summed E-state index contributed by atoms with van der Waals surface area (Å²) in [6.07, 6.45) is -0.825. The van der Waals surface area contributed by atoms with Crippen LogP contribution in [0.2, 0.25) is 5.02 Å². The third-order valence-electron chi connectivity index (χ3n) is 1.84. The highest BCUT2D eigenvalue weighted by atomic mass is 35.5. The maximum absolute atomic E-state index is 10.4. The van der Waals surface area contributed by atoms with Crippen LogP contribution in [0, 0.1) is 0 Å². The Morgan fingerprint density at radius 3 is 3.13 bits per heavy atom. The van der Waals surface area contributed by atoms with E-state index >= 15 is 0 Å². The fraction of sp³-hybridized carbons (Fsp3) is 0.111. The van der Waals surface area contributed by atoms with E-state index in [2.05, 4.69) is 14.7 Å². The minimum atomic E-state index is -0.825. The van der Waals surface area contributed by atoms with Gasteiger partial charge in [0.15, 0.2) is 6.61 Å². The number of amides is 1. The lowest BCUT2D eigenvalue weighted by molar-refractivity contribution is 0.147. The molecule has 1 aromatic heterocycles. The smallest absolute Gasteiger partial charge is 0.404 e. The Labute approximate surface area is 90.2 Å². The molecule has 6 heteroatoms. The molecule has 15 heavy (non-hydrogen) atoms. The van der Waals surface area contributed by atoms with Crippen LogP contribution in [0.5, 0.6) is 0 Å². The van der Waals surface area contributed by atoms with Crippen molar-refractivity contribution in [3.8, 4) is 0 Å². The lowest BCUT2D eigenvalue weighted by atomic mass is 10.3. The first kappa shape index (κ1) is 9.79. The molecule has 0 unspecified atom stereocenters. The molecule has 0 bridgehead atoms. The minimum Gasteiger partial charge on any atom is -0.442 e. The van der Waals surface area contributed by atoms with Gasteiger partial charge in [0.1, 0.15) is 5.82 Å². The van der Waals surface area contributed by atoms with Gasteiger partial charge in [-0.2, -0.15) is 0 Å². The van der Waals surface area contributed by atoms with Gasteiger partial charge in [0.2, 0.25) is 0 Å². The summed E-state index contributed by atoms with van der Waals surface area (Å²) >= 11 is 5.80. The highest BCUT2D eigenvalue weighted by Crippen LogP contribution is 2.17. The SMILES string of the molecule is NC(=O)OCc1nc2ccc(Cl)cc2[nH]1. The summed E-state index contributed by atoms with van der Waals surface area (Å²) in [4.78, 5) is 17.5. The minimum absolute atomic E-state index is 0.0294. The largest absolute Gasteiger partial charge is 0.442 e. The summed E-state index contributed by atoms with van der Waals surface area (Å²) in [6, 6.07) is 5.27. The molecule has 3 N–H and O–H groups in total. The number of H-pyrrole nitrogens is 1. The number of nitrogens with two attached hydrogens (primary N) is 1. The monoisotopic (exact) mass is 225 g/mol. The van der Waals surface area contributed by atoms with Gasteiger partial charge in [-0.15, -0.1) is 0 Å². The fourth-order valence-corrected chi connectivity index (χ4v) is 1.41. The lowest BCUT2D eigenvalue weighted by Crippen LogP contribution is -2.13. The van der Waals surface area contributed by atoms with Gasteiger partial charge in [-0.1, -0.05) is 11.6 Å². The number of imidazole rings is 1. The van der Waals surface area contributed by atoms with Crippen molar-refractivity contribution < 1.29 is 9.53 Å². The molecular formula is C9H8ClN3O2. The highest BCUT2D eigenvalue weighted by Gasteiger charge is 2.04. The summed E-state index contributed by atoms with van der Waals surface area (Å²) in [5, 5.41) is 0.619. The van der Waals surface area contributed by atoms with E-state index < -0.39 is 6.09 Å². The van der Waals surface area contributed by atoms with Crippen LogP contribution in [0.1, 0.15) is 5.82 Å². The highest BCUT2D eigenvalue weighted by molar-refractivity contribution is 6.31. The molecule has 1 aromatic carbocycles. The van der Waals surface area contributed by atoms with E-state index in [1.807, 2.05) is 0 Å². The van der Waals surface area contributed by atoms with Gasteiger partial charge in [-0.05, 0) is 18.2 Å². The van der Waals surface area contributed by atoms with Crippen molar-refractivity contribution in [3.63, 3.8) is 0 Å². The Morgan fingerprint density at radius 1 is 1.60 bits per heavy atom. The number of carbonyl (C=O) groups excluding carboxylic acids is 1. The van der Waals surface area contributed by atoms with E-state index in [-0.39, 0.29) is 6.61 Å². The zero-order valence-electron chi connectivity index (χ0n) is 7.66. The van der Waals surface area contributed by atoms with Crippen molar-refractivity contribution in [3.05, 3.63) is 29.0 Å². The third kappa shape index (κ3) is 2.19. The summed E-state index contributed by atoms with van der Waals surface area (Å²) in [5.74, 6) is 0.533. The molecule has 0 aliphatic rings. The fourth-order valence-electron chi connectivity index (χ4n) is 1.24. The average Bonchev–Trinajstić information content (AvgIpc) is 2.56. The molecule has 5 nitrogen and oxygen atoms in total. The van der Waals surface area contributed by atoms with Crippen molar-refractivity contribution in [2.45, 2.75) is 6.61 Å². The molecule has 78 valence electrons. The Balaban J connectivity index is 2.27. The van der Waals surface area contributed by atoms with Crippen LogP contribution in [-0.2, 0) is 11.3 Å². The predicted molar refractivity (Wildman–Crippen MR) is 55.5 cm³/mol. The molecule has 0 saturated heterocycles. The number of hydrogen-bond donors (Lipinski definition) is 2.